The quantitative estimate of drug-likeness (QED) is 0.865. The molecule has 5 heteroatoms. The van der Waals surface area contributed by atoms with Crippen LogP contribution in [0.25, 0.3) is 0 Å². The highest BCUT2D eigenvalue weighted by atomic mass is 79.9. The number of halogens is 2. The maximum absolute atomic E-state index is 11.7. The molecule has 1 saturated heterocycles. The van der Waals surface area contributed by atoms with E-state index in [1.54, 1.807) is 11.9 Å². The van der Waals surface area contributed by atoms with Crippen molar-refractivity contribution in [3.63, 3.8) is 0 Å². The zero-order valence-corrected chi connectivity index (χ0v) is 11.8. The topological polar surface area (TPSA) is 46.3 Å². The number of benzene rings is 1. The second kappa shape index (κ2) is 4.96. The first-order valence-corrected chi connectivity index (χ1v) is 6.64. The van der Waals surface area contributed by atoms with Gasteiger partial charge >= 0.3 is 0 Å². The van der Waals surface area contributed by atoms with E-state index in [-0.39, 0.29) is 18.0 Å². The summed E-state index contributed by atoms with van der Waals surface area (Å²) >= 11 is 9.35. The number of likely N-dealkylation sites (N-methyl/N-ethyl adjacent to an activating group) is 1. The minimum atomic E-state index is -0.0650. The normalized spacial score (nSPS) is 25.2. The van der Waals surface area contributed by atoms with Gasteiger partial charge in [0.25, 0.3) is 0 Å². The molecule has 1 fully saturated rings. The van der Waals surface area contributed by atoms with E-state index in [0.29, 0.717) is 11.4 Å². The third kappa shape index (κ3) is 2.49. The molecule has 1 heterocycles. The predicted molar refractivity (Wildman–Crippen MR) is 71.9 cm³/mol. The van der Waals surface area contributed by atoms with E-state index in [2.05, 4.69) is 15.9 Å². The van der Waals surface area contributed by atoms with Crippen LogP contribution in [0.15, 0.2) is 22.7 Å². The molecule has 2 N–H and O–H groups in total. The first kappa shape index (κ1) is 12.9. The maximum Gasteiger partial charge on any atom is 0.222 e. The summed E-state index contributed by atoms with van der Waals surface area (Å²) in [7, 11) is 1.80. The van der Waals surface area contributed by atoms with Crippen LogP contribution in [0.1, 0.15) is 24.4 Å². The summed E-state index contributed by atoms with van der Waals surface area (Å²) in [5.41, 5.74) is 7.13. The summed E-state index contributed by atoms with van der Waals surface area (Å²) in [5, 5.41) is 0.659. The molecule has 2 rings (SSSR count). The van der Waals surface area contributed by atoms with Crippen molar-refractivity contribution in [2.75, 3.05) is 7.05 Å². The van der Waals surface area contributed by atoms with Gasteiger partial charge in [-0.3, -0.25) is 4.79 Å². The number of likely N-dealkylation sites (tertiary alicyclic amines) is 1. The van der Waals surface area contributed by atoms with Crippen molar-refractivity contribution < 1.29 is 4.79 Å². The van der Waals surface area contributed by atoms with E-state index in [1.807, 2.05) is 18.2 Å². The molecular formula is C12H14BrClN2O. The molecule has 0 aliphatic carbocycles. The number of nitrogens with zero attached hydrogens (tertiary/aromatic N) is 1. The molecule has 1 aliphatic heterocycles. The van der Waals surface area contributed by atoms with E-state index in [4.69, 9.17) is 17.3 Å². The van der Waals surface area contributed by atoms with Crippen molar-refractivity contribution >= 4 is 33.4 Å². The number of piperidine rings is 1. The van der Waals surface area contributed by atoms with Gasteiger partial charge in [-0.05, 0) is 40.0 Å². The molecule has 92 valence electrons. The third-order valence-electron chi connectivity index (χ3n) is 3.19. The van der Waals surface area contributed by atoms with Crippen molar-refractivity contribution in [1.29, 1.82) is 0 Å². The summed E-state index contributed by atoms with van der Waals surface area (Å²) < 4.78 is 0.829. The third-order valence-corrected chi connectivity index (χ3v) is 4.41. The van der Waals surface area contributed by atoms with Gasteiger partial charge in [0.2, 0.25) is 5.91 Å². The number of nitrogens with two attached hydrogens (primary N) is 1. The molecule has 1 amide bonds. The Morgan fingerprint density at radius 2 is 2.24 bits per heavy atom. The van der Waals surface area contributed by atoms with Gasteiger partial charge in [0.05, 0.1) is 11.1 Å². The number of hydrogen-bond acceptors (Lipinski definition) is 2. The van der Waals surface area contributed by atoms with Gasteiger partial charge in [-0.25, -0.2) is 0 Å². The average molecular weight is 318 g/mol. The van der Waals surface area contributed by atoms with Crippen LogP contribution in [0.2, 0.25) is 5.02 Å². The molecule has 1 aromatic carbocycles. The van der Waals surface area contributed by atoms with Crippen LogP contribution in [-0.2, 0) is 4.79 Å². The lowest BCUT2D eigenvalue weighted by atomic mass is 9.91. The highest BCUT2D eigenvalue weighted by Crippen LogP contribution is 2.33. The summed E-state index contributed by atoms with van der Waals surface area (Å²) in [5.74, 6) is 0.141. The van der Waals surface area contributed by atoms with Crippen LogP contribution in [0.3, 0.4) is 0 Å². The Morgan fingerprint density at radius 1 is 1.53 bits per heavy atom. The zero-order chi connectivity index (χ0) is 12.6. The van der Waals surface area contributed by atoms with Crippen molar-refractivity contribution in [3.8, 4) is 0 Å². The Balaban J connectivity index is 2.36. The molecule has 1 aromatic rings. The Hall–Kier alpha value is -0.580. The van der Waals surface area contributed by atoms with Crippen molar-refractivity contribution in [1.82, 2.24) is 4.90 Å². The van der Waals surface area contributed by atoms with Gasteiger partial charge in [0, 0.05) is 24.0 Å². The number of carbonyl (C=O) groups excluding carboxylic acids is 1. The second-order valence-electron chi connectivity index (χ2n) is 4.33. The molecule has 17 heavy (non-hydrogen) atoms. The molecular weight excluding hydrogens is 304 g/mol. The maximum atomic E-state index is 11.7. The standard InChI is InChI=1S/C12H14BrClN2O/c1-16-11(17)5-4-10(15)12(16)7-2-3-9(14)8(13)6-7/h2-3,6,10,12H,4-5,15H2,1H3. The van der Waals surface area contributed by atoms with Crippen LogP contribution in [0, 0.1) is 0 Å². The Bertz CT molecular complexity index is 452. The molecule has 1 aliphatic rings. The van der Waals surface area contributed by atoms with Crippen molar-refractivity contribution in [3.05, 3.63) is 33.3 Å². The fourth-order valence-electron chi connectivity index (χ4n) is 2.23. The summed E-state index contributed by atoms with van der Waals surface area (Å²) in [4.78, 5) is 13.4. The van der Waals surface area contributed by atoms with Crippen molar-refractivity contribution in [2.45, 2.75) is 24.9 Å². The first-order valence-electron chi connectivity index (χ1n) is 5.47. The van der Waals surface area contributed by atoms with Crippen LogP contribution in [-0.4, -0.2) is 23.9 Å². The minimum absolute atomic E-state index is 0.0224. The zero-order valence-electron chi connectivity index (χ0n) is 9.49. The second-order valence-corrected chi connectivity index (χ2v) is 5.59. The Kier molecular flexibility index (Phi) is 3.76. The lowest BCUT2D eigenvalue weighted by Gasteiger charge is -2.37. The van der Waals surface area contributed by atoms with E-state index < -0.39 is 0 Å². The molecule has 2 atom stereocenters. The summed E-state index contributed by atoms with van der Waals surface area (Å²) in [6.45, 7) is 0. The fourth-order valence-corrected chi connectivity index (χ4v) is 2.75. The monoisotopic (exact) mass is 316 g/mol. The van der Waals surface area contributed by atoms with Crippen LogP contribution < -0.4 is 5.73 Å². The van der Waals surface area contributed by atoms with Crippen LogP contribution in [0.5, 0.6) is 0 Å². The number of hydrogen-bond donors (Lipinski definition) is 1. The lowest BCUT2D eigenvalue weighted by Crippen LogP contribution is -2.46. The fraction of sp³-hybridized carbons (Fsp3) is 0.417. The smallest absolute Gasteiger partial charge is 0.222 e. The van der Waals surface area contributed by atoms with E-state index in [1.165, 1.54) is 0 Å². The van der Waals surface area contributed by atoms with E-state index in [9.17, 15) is 4.79 Å². The molecule has 0 spiro atoms. The molecule has 0 radical (unpaired) electrons. The van der Waals surface area contributed by atoms with Gasteiger partial charge < -0.3 is 10.6 Å². The average Bonchev–Trinajstić information content (AvgIpc) is 2.29. The lowest BCUT2D eigenvalue weighted by molar-refractivity contribution is -0.135. The highest BCUT2D eigenvalue weighted by Gasteiger charge is 2.32. The van der Waals surface area contributed by atoms with E-state index >= 15 is 0 Å². The van der Waals surface area contributed by atoms with Gasteiger partial charge in [-0.15, -0.1) is 0 Å². The summed E-state index contributed by atoms with van der Waals surface area (Å²) in [6.07, 6.45) is 1.26. The Labute approximate surface area is 114 Å². The summed E-state index contributed by atoms with van der Waals surface area (Å²) in [6, 6.07) is 5.59. The minimum Gasteiger partial charge on any atom is -0.337 e. The van der Waals surface area contributed by atoms with Crippen LogP contribution >= 0.6 is 27.5 Å². The largest absolute Gasteiger partial charge is 0.337 e. The molecule has 0 saturated carbocycles. The molecule has 3 nitrogen and oxygen atoms in total. The van der Waals surface area contributed by atoms with Gasteiger partial charge in [0.15, 0.2) is 0 Å². The number of amides is 1. The van der Waals surface area contributed by atoms with Crippen molar-refractivity contribution in [2.24, 2.45) is 5.73 Å². The Morgan fingerprint density at radius 3 is 2.88 bits per heavy atom. The van der Waals surface area contributed by atoms with Gasteiger partial charge in [-0.1, -0.05) is 17.7 Å². The molecule has 0 aromatic heterocycles. The highest BCUT2D eigenvalue weighted by molar-refractivity contribution is 9.10. The molecule has 2 unspecified atom stereocenters. The first-order chi connectivity index (χ1) is 8.00. The van der Waals surface area contributed by atoms with Gasteiger partial charge in [-0.2, -0.15) is 0 Å². The molecule has 0 bridgehead atoms. The SMILES string of the molecule is CN1C(=O)CCC(N)C1c1ccc(Cl)c(Br)c1. The van der Waals surface area contributed by atoms with E-state index in [0.717, 1.165) is 16.5 Å². The predicted octanol–water partition coefficient (Wildman–Crippen LogP) is 2.72. The van der Waals surface area contributed by atoms with Crippen LogP contribution in [0.4, 0.5) is 0 Å². The number of rotatable bonds is 1. The van der Waals surface area contributed by atoms with Gasteiger partial charge in [0.1, 0.15) is 0 Å². The number of carbonyl (C=O) groups is 1.